The average Bonchev–Trinajstić information content (AvgIpc) is 2.94. The Bertz CT molecular complexity index is 963. The fourth-order valence-electron chi connectivity index (χ4n) is 2.94. The van der Waals surface area contributed by atoms with Gasteiger partial charge in [-0.2, -0.15) is 4.31 Å². The van der Waals surface area contributed by atoms with Crippen LogP contribution in [0.3, 0.4) is 0 Å². The lowest BCUT2D eigenvalue weighted by Crippen LogP contribution is -2.50. The van der Waals surface area contributed by atoms with E-state index in [1.165, 1.54) is 15.6 Å². The number of sulfonamides is 1. The van der Waals surface area contributed by atoms with Crippen molar-refractivity contribution < 1.29 is 13.2 Å². The van der Waals surface area contributed by atoms with E-state index in [2.05, 4.69) is 26.2 Å². The van der Waals surface area contributed by atoms with Crippen molar-refractivity contribution in [2.75, 3.05) is 38.0 Å². The van der Waals surface area contributed by atoms with E-state index in [1.54, 1.807) is 18.2 Å². The number of rotatable bonds is 5. The van der Waals surface area contributed by atoms with Crippen molar-refractivity contribution in [3.8, 4) is 0 Å². The number of carbonyl (C=O) groups is 1. The highest BCUT2D eigenvalue weighted by molar-refractivity contribution is 9.10. The SMILES string of the molecule is Cc1cc(S(=O)(=O)N2CCN(CC(=O)Nc3nc(C)c(C)s3)CC2)ccc1Br. The predicted octanol–water partition coefficient (Wildman–Crippen LogP) is 2.78. The third-order valence-electron chi connectivity index (χ3n) is 4.74. The minimum Gasteiger partial charge on any atom is -0.301 e. The van der Waals surface area contributed by atoms with Crippen LogP contribution in [0.4, 0.5) is 5.13 Å². The van der Waals surface area contributed by atoms with Crippen LogP contribution in [0.15, 0.2) is 27.6 Å². The highest BCUT2D eigenvalue weighted by Crippen LogP contribution is 2.24. The Morgan fingerprint density at radius 1 is 1.21 bits per heavy atom. The number of anilines is 1. The number of thiazole rings is 1. The van der Waals surface area contributed by atoms with Crippen molar-refractivity contribution in [1.82, 2.24) is 14.2 Å². The van der Waals surface area contributed by atoms with Crippen molar-refractivity contribution >= 4 is 48.3 Å². The van der Waals surface area contributed by atoms with Gasteiger partial charge in [-0.25, -0.2) is 13.4 Å². The van der Waals surface area contributed by atoms with Gasteiger partial charge in [0, 0.05) is 35.5 Å². The second-order valence-corrected chi connectivity index (χ2v) is 10.8. The molecule has 1 fully saturated rings. The molecule has 2 heterocycles. The van der Waals surface area contributed by atoms with E-state index in [1.807, 2.05) is 25.7 Å². The third-order valence-corrected chi connectivity index (χ3v) is 8.51. The Morgan fingerprint density at radius 3 is 2.46 bits per heavy atom. The van der Waals surface area contributed by atoms with Crippen LogP contribution in [0.2, 0.25) is 0 Å². The largest absolute Gasteiger partial charge is 0.301 e. The van der Waals surface area contributed by atoms with Crippen LogP contribution in [0.5, 0.6) is 0 Å². The molecule has 0 atom stereocenters. The maximum Gasteiger partial charge on any atom is 0.243 e. The van der Waals surface area contributed by atoms with E-state index in [9.17, 15) is 13.2 Å². The lowest BCUT2D eigenvalue weighted by atomic mass is 10.2. The third kappa shape index (κ3) is 4.80. The minimum atomic E-state index is -3.53. The number of nitrogens with one attached hydrogen (secondary N) is 1. The van der Waals surface area contributed by atoms with Crippen LogP contribution >= 0.6 is 27.3 Å². The van der Waals surface area contributed by atoms with E-state index >= 15 is 0 Å². The van der Waals surface area contributed by atoms with Gasteiger partial charge in [-0.15, -0.1) is 11.3 Å². The molecule has 7 nitrogen and oxygen atoms in total. The average molecular weight is 487 g/mol. The number of aryl methyl sites for hydroxylation is 3. The number of piperazine rings is 1. The summed E-state index contributed by atoms with van der Waals surface area (Å²) in [5.74, 6) is -0.131. The quantitative estimate of drug-likeness (QED) is 0.702. The molecule has 0 aliphatic carbocycles. The second kappa shape index (κ2) is 8.58. The molecule has 152 valence electrons. The predicted molar refractivity (Wildman–Crippen MR) is 114 cm³/mol. The summed E-state index contributed by atoms with van der Waals surface area (Å²) in [6.45, 7) is 7.72. The summed E-state index contributed by atoms with van der Waals surface area (Å²) < 4.78 is 28.1. The molecule has 1 saturated heterocycles. The number of benzene rings is 1. The molecule has 0 unspecified atom stereocenters. The van der Waals surface area contributed by atoms with Crippen molar-refractivity contribution in [3.05, 3.63) is 38.8 Å². The van der Waals surface area contributed by atoms with Crippen LogP contribution in [0.1, 0.15) is 16.1 Å². The molecule has 1 N–H and O–H groups in total. The molecule has 2 aromatic rings. The molecule has 1 aromatic heterocycles. The molecular weight excluding hydrogens is 464 g/mol. The smallest absolute Gasteiger partial charge is 0.243 e. The van der Waals surface area contributed by atoms with Crippen LogP contribution < -0.4 is 5.32 Å². The summed E-state index contributed by atoms with van der Waals surface area (Å²) in [5, 5.41) is 3.42. The highest BCUT2D eigenvalue weighted by atomic mass is 79.9. The van der Waals surface area contributed by atoms with Crippen LogP contribution in [-0.4, -0.2) is 61.2 Å². The first-order valence-electron chi connectivity index (χ1n) is 8.89. The van der Waals surface area contributed by atoms with Gasteiger partial charge < -0.3 is 5.32 Å². The molecular formula is C18H23BrN4O3S2. The standard InChI is InChI=1S/C18H23BrN4O3S2/c1-12-10-15(4-5-16(12)19)28(25,26)23-8-6-22(7-9-23)11-17(24)21-18-20-13(2)14(3)27-18/h4-5,10H,6-9,11H2,1-3H3,(H,20,21,24). The molecule has 0 spiro atoms. The van der Waals surface area contributed by atoms with E-state index in [4.69, 9.17) is 0 Å². The van der Waals surface area contributed by atoms with E-state index in [0.29, 0.717) is 36.2 Å². The number of hydrogen-bond acceptors (Lipinski definition) is 6. The minimum absolute atomic E-state index is 0.131. The molecule has 0 bridgehead atoms. The van der Waals surface area contributed by atoms with Crippen molar-refractivity contribution in [2.24, 2.45) is 0 Å². The Labute approximate surface area is 177 Å². The van der Waals surface area contributed by atoms with Gasteiger partial charge in [0.05, 0.1) is 17.1 Å². The maximum absolute atomic E-state index is 12.9. The molecule has 3 rings (SSSR count). The molecule has 1 aromatic carbocycles. The van der Waals surface area contributed by atoms with E-state index in [0.717, 1.165) is 20.6 Å². The molecule has 1 aliphatic rings. The number of carbonyl (C=O) groups excluding carboxylic acids is 1. The molecule has 1 aliphatic heterocycles. The fourth-order valence-corrected chi connectivity index (χ4v) is 5.53. The molecule has 0 saturated carbocycles. The second-order valence-electron chi connectivity index (χ2n) is 6.80. The molecule has 0 radical (unpaired) electrons. The van der Waals surface area contributed by atoms with Crippen LogP contribution in [0.25, 0.3) is 0 Å². The van der Waals surface area contributed by atoms with Gasteiger partial charge in [0.1, 0.15) is 0 Å². The highest BCUT2D eigenvalue weighted by Gasteiger charge is 2.29. The number of nitrogens with zero attached hydrogens (tertiary/aromatic N) is 3. The summed E-state index contributed by atoms with van der Waals surface area (Å²) >= 11 is 4.85. The lowest BCUT2D eigenvalue weighted by Gasteiger charge is -2.33. The van der Waals surface area contributed by atoms with Gasteiger partial charge in [0.15, 0.2) is 5.13 Å². The lowest BCUT2D eigenvalue weighted by molar-refractivity contribution is -0.117. The normalized spacial score (nSPS) is 16.3. The zero-order chi connectivity index (χ0) is 20.5. The van der Waals surface area contributed by atoms with E-state index < -0.39 is 10.0 Å². The number of hydrogen-bond donors (Lipinski definition) is 1. The van der Waals surface area contributed by atoms with Gasteiger partial charge in [-0.05, 0) is 44.5 Å². The Morgan fingerprint density at radius 2 is 1.89 bits per heavy atom. The Hall–Kier alpha value is -1.33. The molecule has 28 heavy (non-hydrogen) atoms. The van der Waals surface area contributed by atoms with Gasteiger partial charge >= 0.3 is 0 Å². The van der Waals surface area contributed by atoms with Gasteiger partial charge in [0.25, 0.3) is 0 Å². The van der Waals surface area contributed by atoms with E-state index in [-0.39, 0.29) is 12.5 Å². The first kappa shape index (κ1) is 21.4. The summed E-state index contributed by atoms with van der Waals surface area (Å²) in [7, 11) is -3.53. The molecule has 10 heteroatoms. The zero-order valence-corrected chi connectivity index (χ0v) is 19.2. The Balaban J connectivity index is 1.56. The van der Waals surface area contributed by atoms with Crippen molar-refractivity contribution in [2.45, 2.75) is 25.7 Å². The summed E-state index contributed by atoms with van der Waals surface area (Å²) in [6.07, 6.45) is 0. The monoisotopic (exact) mass is 486 g/mol. The summed E-state index contributed by atoms with van der Waals surface area (Å²) in [6, 6.07) is 5.05. The zero-order valence-electron chi connectivity index (χ0n) is 16.0. The topological polar surface area (TPSA) is 82.6 Å². The first-order valence-corrected chi connectivity index (χ1v) is 11.9. The Kier molecular flexibility index (Phi) is 6.55. The van der Waals surface area contributed by atoms with Crippen LogP contribution in [0, 0.1) is 20.8 Å². The number of amides is 1. The summed E-state index contributed by atoms with van der Waals surface area (Å²) in [5.41, 5.74) is 1.80. The van der Waals surface area contributed by atoms with Gasteiger partial charge in [-0.1, -0.05) is 15.9 Å². The molecule has 1 amide bonds. The first-order chi connectivity index (χ1) is 13.2. The van der Waals surface area contributed by atoms with Gasteiger partial charge in [0.2, 0.25) is 15.9 Å². The van der Waals surface area contributed by atoms with Gasteiger partial charge in [-0.3, -0.25) is 9.69 Å². The summed E-state index contributed by atoms with van der Waals surface area (Å²) in [4.78, 5) is 19.9. The van der Waals surface area contributed by atoms with Crippen molar-refractivity contribution in [1.29, 1.82) is 0 Å². The fraction of sp³-hybridized carbons (Fsp3) is 0.444. The van der Waals surface area contributed by atoms with Crippen LogP contribution in [-0.2, 0) is 14.8 Å². The number of halogens is 1. The number of aromatic nitrogens is 1. The van der Waals surface area contributed by atoms with Crippen molar-refractivity contribution in [3.63, 3.8) is 0 Å². The maximum atomic E-state index is 12.9.